The summed E-state index contributed by atoms with van der Waals surface area (Å²) in [6.07, 6.45) is 9.57. The minimum atomic E-state index is 0. The van der Waals surface area contributed by atoms with Crippen molar-refractivity contribution in [3.63, 3.8) is 0 Å². The van der Waals surface area contributed by atoms with Gasteiger partial charge < -0.3 is 25.4 Å². The van der Waals surface area contributed by atoms with Crippen molar-refractivity contribution >= 4 is 35.8 Å². The van der Waals surface area contributed by atoms with E-state index in [0.29, 0.717) is 18.0 Å². The van der Waals surface area contributed by atoms with Crippen LogP contribution in [0.15, 0.2) is 4.99 Å². The Labute approximate surface area is 198 Å². The first-order valence-corrected chi connectivity index (χ1v) is 11.7. The van der Waals surface area contributed by atoms with Crippen LogP contribution in [-0.2, 0) is 14.3 Å². The summed E-state index contributed by atoms with van der Waals surface area (Å²) in [5, 5.41) is 10.1. The molecule has 1 amide bonds. The molecule has 0 bridgehead atoms. The lowest BCUT2D eigenvalue weighted by atomic mass is 9.85. The highest BCUT2D eigenvalue weighted by atomic mass is 127. The summed E-state index contributed by atoms with van der Waals surface area (Å²) in [4.78, 5) is 17.1. The van der Waals surface area contributed by atoms with Gasteiger partial charge in [-0.3, -0.25) is 9.79 Å². The molecule has 2 unspecified atom stereocenters. The maximum absolute atomic E-state index is 12.4. The standard InChI is InChI=1S/C22H40N4O3.HI/c1-2-23-22(24-11-4-12-29-16-17-9-13-28-14-10-17)26-20-6-3-5-18(15-20)21(27)25-19-7-8-19;/h17-20H,2-16H2,1H3,(H,25,27)(H2,23,24,26);1H. The molecule has 0 spiro atoms. The van der Waals surface area contributed by atoms with Crippen LogP contribution < -0.4 is 16.0 Å². The van der Waals surface area contributed by atoms with Crippen LogP contribution >= 0.6 is 24.0 Å². The van der Waals surface area contributed by atoms with E-state index in [4.69, 9.17) is 14.5 Å². The second-order valence-corrected chi connectivity index (χ2v) is 8.73. The second kappa shape index (κ2) is 14.5. The molecule has 0 radical (unpaired) electrons. The number of halogens is 1. The Morgan fingerprint density at radius 2 is 1.87 bits per heavy atom. The quantitative estimate of drug-likeness (QED) is 0.173. The van der Waals surface area contributed by atoms with E-state index in [9.17, 15) is 4.79 Å². The number of hydrogen-bond acceptors (Lipinski definition) is 4. The van der Waals surface area contributed by atoms with Gasteiger partial charge in [0.05, 0.1) is 0 Å². The predicted molar refractivity (Wildman–Crippen MR) is 130 cm³/mol. The molecule has 3 fully saturated rings. The Balaban J connectivity index is 0.00000320. The van der Waals surface area contributed by atoms with Crippen molar-refractivity contribution in [3.05, 3.63) is 0 Å². The average Bonchev–Trinajstić information content (AvgIpc) is 3.55. The molecule has 174 valence electrons. The van der Waals surface area contributed by atoms with Gasteiger partial charge in [0.1, 0.15) is 0 Å². The van der Waals surface area contributed by atoms with Crippen molar-refractivity contribution in [2.45, 2.75) is 76.8 Å². The maximum atomic E-state index is 12.4. The molecule has 3 N–H and O–H groups in total. The van der Waals surface area contributed by atoms with Crippen LogP contribution in [-0.4, -0.2) is 63.5 Å². The summed E-state index contributed by atoms with van der Waals surface area (Å²) in [5.74, 6) is 1.92. The summed E-state index contributed by atoms with van der Waals surface area (Å²) in [7, 11) is 0. The van der Waals surface area contributed by atoms with E-state index < -0.39 is 0 Å². The summed E-state index contributed by atoms with van der Waals surface area (Å²) in [6, 6.07) is 0.768. The third kappa shape index (κ3) is 9.68. The fourth-order valence-electron chi connectivity index (χ4n) is 4.14. The van der Waals surface area contributed by atoms with Crippen molar-refractivity contribution in [1.29, 1.82) is 0 Å². The number of amides is 1. The summed E-state index contributed by atoms with van der Waals surface area (Å²) >= 11 is 0. The zero-order valence-corrected chi connectivity index (χ0v) is 20.8. The van der Waals surface area contributed by atoms with Gasteiger partial charge in [-0.05, 0) is 64.2 Å². The van der Waals surface area contributed by atoms with Gasteiger partial charge in [0.2, 0.25) is 5.91 Å². The van der Waals surface area contributed by atoms with Crippen LogP contribution in [0.25, 0.3) is 0 Å². The van der Waals surface area contributed by atoms with E-state index in [0.717, 1.165) is 103 Å². The van der Waals surface area contributed by atoms with Crippen LogP contribution in [0.1, 0.15) is 64.7 Å². The zero-order valence-electron chi connectivity index (χ0n) is 18.5. The molecular weight excluding hydrogens is 495 g/mol. The predicted octanol–water partition coefficient (Wildman–Crippen LogP) is 2.83. The first-order chi connectivity index (χ1) is 14.2. The topological polar surface area (TPSA) is 84.0 Å². The van der Waals surface area contributed by atoms with Crippen molar-refractivity contribution < 1.29 is 14.3 Å². The number of guanidine groups is 1. The smallest absolute Gasteiger partial charge is 0.223 e. The van der Waals surface area contributed by atoms with Crippen molar-refractivity contribution in [1.82, 2.24) is 16.0 Å². The minimum Gasteiger partial charge on any atom is -0.381 e. The molecule has 2 saturated carbocycles. The first-order valence-electron chi connectivity index (χ1n) is 11.7. The Morgan fingerprint density at radius 1 is 1.07 bits per heavy atom. The number of ether oxygens (including phenoxy) is 2. The van der Waals surface area contributed by atoms with Crippen LogP contribution in [0.2, 0.25) is 0 Å². The van der Waals surface area contributed by atoms with E-state index in [1.54, 1.807) is 0 Å². The van der Waals surface area contributed by atoms with Crippen LogP contribution in [0.4, 0.5) is 0 Å². The summed E-state index contributed by atoms with van der Waals surface area (Å²) in [5.41, 5.74) is 0. The van der Waals surface area contributed by atoms with Crippen LogP contribution in [0, 0.1) is 11.8 Å². The van der Waals surface area contributed by atoms with E-state index in [1.165, 1.54) is 0 Å². The van der Waals surface area contributed by atoms with Crippen molar-refractivity contribution in [3.8, 4) is 0 Å². The van der Waals surface area contributed by atoms with Gasteiger partial charge in [-0.1, -0.05) is 6.42 Å². The highest BCUT2D eigenvalue weighted by Crippen LogP contribution is 2.26. The van der Waals surface area contributed by atoms with Gasteiger partial charge in [-0.15, -0.1) is 24.0 Å². The molecule has 0 aromatic carbocycles. The minimum absolute atomic E-state index is 0. The molecule has 3 aliphatic rings. The zero-order chi connectivity index (χ0) is 20.3. The monoisotopic (exact) mass is 536 g/mol. The Bertz CT molecular complexity index is 525. The third-order valence-corrected chi connectivity index (χ3v) is 6.06. The highest BCUT2D eigenvalue weighted by molar-refractivity contribution is 14.0. The molecule has 2 atom stereocenters. The van der Waals surface area contributed by atoms with Gasteiger partial charge in [0, 0.05) is 57.5 Å². The molecule has 0 aromatic rings. The molecule has 30 heavy (non-hydrogen) atoms. The number of aliphatic imine (C=N–C) groups is 1. The third-order valence-electron chi connectivity index (χ3n) is 6.06. The van der Waals surface area contributed by atoms with Crippen molar-refractivity contribution in [2.24, 2.45) is 16.8 Å². The van der Waals surface area contributed by atoms with E-state index >= 15 is 0 Å². The number of hydrogen-bond donors (Lipinski definition) is 3. The van der Waals surface area contributed by atoms with Gasteiger partial charge in [-0.2, -0.15) is 0 Å². The Kier molecular flexibility index (Phi) is 12.4. The fraction of sp³-hybridized carbons (Fsp3) is 0.909. The van der Waals surface area contributed by atoms with Gasteiger partial charge in [0.25, 0.3) is 0 Å². The van der Waals surface area contributed by atoms with Crippen LogP contribution in [0.5, 0.6) is 0 Å². The Morgan fingerprint density at radius 3 is 2.60 bits per heavy atom. The van der Waals surface area contributed by atoms with Gasteiger partial charge in [0.15, 0.2) is 5.96 Å². The normalized spacial score (nSPS) is 25.3. The number of nitrogens with zero attached hydrogens (tertiary/aromatic N) is 1. The number of rotatable bonds is 10. The highest BCUT2D eigenvalue weighted by Gasteiger charge is 2.31. The van der Waals surface area contributed by atoms with E-state index in [2.05, 4.69) is 22.9 Å². The number of carbonyl (C=O) groups is 1. The lowest BCUT2D eigenvalue weighted by Crippen LogP contribution is -2.47. The molecule has 0 aromatic heterocycles. The number of nitrogens with one attached hydrogen (secondary N) is 3. The molecular formula is C22H41IN4O3. The summed E-state index contributed by atoms with van der Waals surface area (Å²) < 4.78 is 11.2. The van der Waals surface area contributed by atoms with Gasteiger partial charge >= 0.3 is 0 Å². The average molecular weight is 536 g/mol. The molecule has 8 heteroatoms. The largest absolute Gasteiger partial charge is 0.381 e. The van der Waals surface area contributed by atoms with E-state index in [-0.39, 0.29) is 35.8 Å². The summed E-state index contributed by atoms with van der Waals surface area (Å²) in [6.45, 7) is 7.03. The SMILES string of the molecule is CCNC(=NCCCOCC1CCOCC1)NC1CCCC(C(=O)NC2CC2)C1.I. The number of carbonyl (C=O) groups excluding carboxylic acids is 1. The maximum Gasteiger partial charge on any atom is 0.223 e. The molecule has 1 aliphatic heterocycles. The van der Waals surface area contributed by atoms with Crippen LogP contribution in [0.3, 0.4) is 0 Å². The molecule has 2 aliphatic carbocycles. The molecule has 3 rings (SSSR count). The fourth-order valence-corrected chi connectivity index (χ4v) is 4.14. The Hall–Kier alpha value is -0.610. The lowest BCUT2D eigenvalue weighted by Gasteiger charge is -2.30. The molecule has 7 nitrogen and oxygen atoms in total. The molecule has 1 saturated heterocycles. The van der Waals surface area contributed by atoms with Gasteiger partial charge in [-0.25, -0.2) is 0 Å². The lowest BCUT2D eigenvalue weighted by molar-refractivity contribution is -0.126. The molecule has 1 heterocycles. The van der Waals surface area contributed by atoms with E-state index in [1.807, 2.05) is 0 Å². The van der Waals surface area contributed by atoms with Crippen molar-refractivity contribution in [2.75, 3.05) is 39.5 Å². The first kappa shape index (κ1) is 25.6. The second-order valence-electron chi connectivity index (χ2n) is 8.73.